The third-order valence-corrected chi connectivity index (χ3v) is 7.39. The van der Waals surface area contributed by atoms with E-state index in [2.05, 4.69) is 11.4 Å². The Labute approximate surface area is 128 Å². The number of rotatable bonds is 3. The van der Waals surface area contributed by atoms with Gasteiger partial charge in [0.05, 0.1) is 10.6 Å². The first-order chi connectivity index (χ1) is 10.1. The number of aryl methyl sites for hydroxylation is 2. The monoisotopic (exact) mass is 319 g/mol. The highest BCUT2D eigenvalue weighted by atomic mass is 32.2. The van der Waals surface area contributed by atoms with Gasteiger partial charge < -0.3 is 5.32 Å². The molecule has 1 aliphatic carbocycles. The van der Waals surface area contributed by atoms with E-state index in [9.17, 15) is 8.42 Å². The van der Waals surface area contributed by atoms with Crippen molar-refractivity contribution in [3.05, 3.63) is 51.2 Å². The molecule has 0 saturated heterocycles. The van der Waals surface area contributed by atoms with Crippen LogP contribution in [0, 0.1) is 0 Å². The van der Waals surface area contributed by atoms with E-state index in [4.69, 9.17) is 0 Å². The smallest absolute Gasteiger partial charge is 0.180 e. The van der Waals surface area contributed by atoms with Crippen molar-refractivity contribution in [1.29, 1.82) is 0 Å². The Balaban J connectivity index is 1.53. The summed E-state index contributed by atoms with van der Waals surface area (Å²) in [6.45, 7) is 0.756. The van der Waals surface area contributed by atoms with Crippen molar-refractivity contribution >= 4 is 21.2 Å². The summed E-state index contributed by atoms with van der Waals surface area (Å²) in [5, 5.41) is 3.43. The van der Waals surface area contributed by atoms with Crippen molar-refractivity contribution in [2.45, 2.75) is 36.7 Å². The maximum atomic E-state index is 12.2. The molecule has 0 spiro atoms. The van der Waals surface area contributed by atoms with Crippen LogP contribution in [0.2, 0.25) is 0 Å². The van der Waals surface area contributed by atoms with Gasteiger partial charge in [0.25, 0.3) is 0 Å². The fourth-order valence-corrected chi connectivity index (χ4v) is 6.30. The van der Waals surface area contributed by atoms with Gasteiger partial charge >= 0.3 is 0 Å². The average molecular weight is 319 g/mol. The topological polar surface area (TPSA) is 46.2 Å². The number of sulfone groups is 1. The molecule has 1 aliphatic heterocycles. The number of thiophene rings is 1. The lowest BCUT2D eigenvalue weighted by Gasteiger charge is -2.11. The second-order valence-electron chi connectivity index (χ2n) is 5.77. The molecule has 2 heterocycles. The van der Waals surface area contributed by atoms with Crippen LogP contribution in [0.15, 0.2) is 35.2 Å². The normalized spacial score (nSPS) is 22.2. The van der Waals surface area contributed by atoms with Crippen LogP contribution in [0.25, 0.3) is 0 Å². The lowest BCUT2D eigenvalue weighted by atomic mass is 10.1. The Morgan fingerprint density at radius 2 is 2.10 bits per heavy atom. The molecule has 1 unspecified atom stereocenters. The van der Waals surface area contributed by atoms with Gasteiger partial charge in [-0.3, -0.25) is 0 Å². The molecule has 0 saturated carbocycles. The van der Waals surface area contributed by atoms with E-state index in [1.165, 1.54) is 34.6 Å². The Hall–Kier alpha value is -1.17. The molecule has 2 aromatic rings. The van der Waals surface area contributed by atoms with Gasteiger partial charge in [-0.15, -0.1) is 11.3 Å². The summed E-state index contributed by atoms with van der Waals surface area (Å²) in [5.74, 6) is 0.178. The van der Waals surface area contributed by atoms with Gasteiger partial charge in [0.2, 0.25) is 0 Å². The Bertz CT molecular complexity index is 771. The highest BCUT2D eigenvalue weighted by molar-refractivity contribution is 7.91. The van der Waals surface area contributed by atoms with Crippen LogP contribution in [-0.4, -0.2) is 14.2 Å². The zero-order valence-electron chi connectivity index (χ0n) is 11.6. The summed E-state index contributed by atoms with van der Waals surface area (Å²) in [6, 6.07) is 9.55. The van der Waals surface area contributed by atoms with Gasteiger partial charge in [-0.25, -0.2) is 8.42 Å². The minimum atomic E-state index is -3.11. The second-order valence-corrected chi connectivity index (χ2v) is 8.99. The highest BCUT2D eigenvalue weighted by Gasteiger charge is 2.33. The van der Waals surface area contributed by atoms with E-state index in [-0.39, 0.29) is 11.8 Å². The number of fused-ring (bicyclic) bond motifs is 2. The number of hydrogen-bond donors (Lipinski definition) is 1. The molecule has 0 amide bonds. The lowest BCUT2D eigenvalue weighted by molar-refractivity contribution is 0.569. The average Bonchev–Trinajstić information content (AvgIpc) is 3.10. The Kier molecular flexibility index (Phi) is 3.17. The molecule has 21 heavy (non-hydrogen) atoms. The number of benzene rings is 1. The summed E-state index contributed by atoms with van der Waals surface area (Å²) in [4.78, 5) is 3.34. The van der Waals surface area contributed by atoms with Gasteiger partial charge in [0.15, 0.2) is 9.84 Å². The largest absolute Gasteiger partial charge is 0.304 e. The van der Waals surface area contributed by atoms with Crippen LogP contribution in [-0.2, 0) is 29.2 Å². The van der Waals surface area contributed by atoms with Gasteiger partial charge in [-0.1, -0.05) is 18.2 Å². The maximum Gasteiger partial charge on any atom is 0.180 e. The molecule has 110 valence electrons. The Morgan fingerprint density at radius 1 is 1.24 bits per heavy atom. The molecule has 1 atom stereocenters. The second kappa shape index (κ2) is 4.93. The molecule has 4 rings (SSSR count). The van der Waals surface area contributed by atoms with Crippen LogP contribution in [0.5, 0.6) is 0 Å². The third kappa shape index (κ3) is 2.33. The first kappa shape index (κ1) is 13.5. The van der Waals surface area contributed by atoms with Crippen LogP contribution in [0.3, 0.4) is 0 Å². The van der Waals surface area contributed by atoms with Crippen molar-refractivity contribution in [3.63, 3.8) is 0 Å². The Morgan fingerprint density at radius 3 is 2.95 bits per heavy atom. The van der Waals surface area contributed by atoms with E-state index in [0.717, 1.165) is 12.1 Å². The van der Waals surface area contributed by atoms with Crippen LogP contribution < -0.4 is 5.32 Å². The minimum absolute atomic E-state index is 0.0804. The van der Waals surface area contributed by atoms with Crippen molar-refractivity contribution in [1.82, 2.24) is 5.32 Å². The summed E-state index contributed by atoms with van der Waals surface area (Å²) in [6.07, 6.45) is 3.69. The molecule has 0 fully saturated rings. The fraction of sp³-hybridized carbons (Fsp3) is 0.375. The summed E-state index contributed by atoms with van der Waals surface area (Å²) < 4.78 is 24.3. The molecule has 0 bridgehead atoms. The number of nitrogens with one attached hydrogen (secondary N) is 1. The van der Waals surface area contributed by atoms with Crippen molar-refractivity contribution in [3.8, 4) is 0 Å². The summed E-state index contributed by atoms with van der Waals surface area (Å²) in [5.41, 5.74) is 2.41. The van der Waals surface area contributed by atoms with Crippen LogP contribution >= 0.6 is 11.3 Å². The van der Waals surface area contributed by atoms with Crippen molar-refractivity contribution in [2.75, 3.05) is 5.75 Å². The van der Waals surface area contributed by atoms with E-state index in [1.54, 1.807) is 12.1 Å². The van der Waals surface area contributed by atoms with Gasteiger partial charge in [0.1, 0.15) is 0 Å². The standard InChI is InChI=1S/C16H17NO2S2/c18-21(19)10-14(13-5-1-2-7-16(13)21)17-9-12-8-11-4-3-6-15(11)20-12/h1-2,5,7-8,14,17H,3-4,6,9-10H2. The fourth-order valence-electron chi connectivity index (χ4n) is 3.32. The predicted molar refractivity (Wildman–Crippen MR) is 84.4 cm³/mol. The predicted octanol–water partition coefficient (Wildman–Crippen LogP) is 2.86. The van der Waals surface area contributed by atoms with Gasteiger partial charge in [-0.2, -0.15) is 0 Å². The molecule has 1 aromatic heterocycles. The van der Waals surface area contributed by atoms with E-state index in [0.29, 0.717) is 4.90 Å². The number of hydrogen-bond acceptors (Lipinski definition) is 4. The molecule has 3 nitrogen and oxygen atoms in total. The van der Waals surface area contributed by atoms with E-state index in [1.807, 2.05) is 23.5 Å². The van der Waals surface area contributed by atoms with Crippen LogP contribution in [0.4, 0.5) is 0 Å². The molecule has 1 aromatic carbocycles. The third-order valence-electron chi connectivity index (χ3n) is 4.34. The quantitative estimate of drug-likeness (QED) is 0.946. The molecule has 1 N–H and O–H groups in total. The highest BCUT2D eigenvalue weighted by Crippen LogP contribution is 2.34. The first-order valence-electron chi connectivity index (χ1n) is 7.29. The zero-order valence-corrected chi connectivity index (χ0v) is 13.3. The molecule has 2 aliphatic rings. The molecule has 5 heteroatoms. The molecular weight excluding hydrogens is 302 g/mol. The van der Waals surface area contributed by atoms with Crippen molar-refractivity contribution < 1.29 is 8.42 Å². The van der Waals surface area contributed by atoms with Gasteiger partial charge in [0, 0.05) is 22.3 Å². The maximum absolute atomic E-state index is 12.2. The lowest BCUT2D eigenvalue weighted by Crippen LogP contribution is -2.21. The molecular formula is C16H17NO2S2. The van der Waals surface area contributed by atoms with Gasteiger partial charge in [-0.05, 0) is 42.5 Å². The zero-order chi connectivity index (χ0) is 14.4. The van der Waals surface area contributed by atoms with E-state index < -0.39 is 9.84 Å². The molecule has 0 radical (unpaired) electrons. The van der Waals surface area contributed by atoms with Crippen molar-refractivity contribution in [2.24, 2.45) is 0 Å². The van der Waals surface area contributed by atoms with Crippen LogP contribution in [0.1, 0.15) is 33.3 Å². The summed E-state index contributed by atoms with van der Waals surface area (Å²) in [7, 11) is -3.11. The SMILES string of the molecule is O=S1(=O)CC(NCc2cc3c(s2)CCC3)c2ccccc21. The minimum Gasteiger partial charge on any atom is -0.304 e. The summed E-state index contributed by atoms with van der Waals surface area (Å²) >= 11 is 1.87. The van der Waals surface area contributed by atoms with E-state index >= 15 is 0 Å². The first-order valence-corrected chi connectivity index (χ1v) is 9.76.